The normalized spacial score (nSPS) is 42.7. The molecule has 96 valence electrons. The van der Waals surface area contributed by atoms with Gasteiger partial charge < -0.3 is 9.84 Å². The first-order valence-corrected chi connectivity index (χ1v) is 7.01. The van der Waals surface area contributed by atoms with Gasteiger partial charge in [-0.2, -0.15) is 0 Å². The van der Waals surface area contributed by atoms with Crippen LogP contribution in [0.5, 0.6) is 0 Å². The van der Waals surface area contributed by atoms with E-state index in [9.17, 15) is 4.79 Å². The van der Waals surface area contributed by atoms with E-state index in [0.29, 0.717) is 12.0 Å². The zero-order chi connectivity index (χ0) is 11.9. The Bertz CT molecular complexity index is 275. The van der Waals surface area contributed by atoms with Gasteiger partial charge in [0.15, 0.2) is 0 Å². The lowest BCUT2D eigenvalue weighted by atomic mass is 9.48. The van der Waals surface area contributed by atoms with E-state index < -0.39 is 6.16 Å². The van der Waals surface area contributed by atoms with Crippen LogP contribution in [0.4, 0.5) is 4.79 Å². The van der Waals surface area contributed by atoms with Crippen LogP contribution in [0.25, 0.3) is 0 Å². The number of carboxylic acid groups (broad SMARTS) is 1. The second kappa shape index (κ2) is 4.18. The van der Waals surface area contributed by atoms with Crippen molar-refractivity contribution in [2.24, 2.45) is 23.2 Å². The van der Waals surface area contributed by atoms with Crippen molar-refractivity contribution in [3.05, 3.63) is 0 Å². The molecule has 0 unspecified atom stereocenters. The Hall–Kier alpha value is -0.730. The van der Waals surface area contributed by atoms with Crippen LogP contribution in [0.15, 0.2) is 0 Å². The molecule has 0 spiro atoms. The van der Waals surface area contributed by atoms with Crippen molar-refractivity contribution in [3.8, 4) is 0 Å². The van der Waals surface area contributed by atoms with Crippen LogP contribution in [-0.4, -0.2) is 17.9 Å². The van der Waals surface area contributed by atoms with Gasteiger partial charge in [0, 0.05) is 0 Å². The zero-order valence-corrected chi connectivity index (χ0v) is 10.4. The summed E-state index contributed by atoms with van der Waals surface area (Å²) in [7, 11) is 0. The predicted molar refractivity (Wildman–Crippen MR) is 63.8 cm³/mol. The van der Waals surface area contributed by atoms with E-state index >= 15 is 0 Å². The lowest BCUT2D eigenvalue weighted by Gasteiger charge is -2.57. The minimum atomic E-state index is -1.13. The van der Waals surface area contributed by atoms with Gasteiger partial charge in [-0.15, -0.1) is 0 Å². The Morgan fingerprint density at radius 3 is 2.12 bits per heavy atom. The summed E-state index contributed by atoms with van der Waals surface area (Å²) < 4.78 is 4.62. The molecule has 0 heterocycles. The van der Waals surface area contributed by atoms with Crippen LogP contribution in [0.3, 0.4) is 0 Å². The summed E-state index contributed by atoms with van der Waals surface area (Å²) >= 11 is 0. The topological polar surface area (TPSA) is 46.5 Å². The highest BCUT2D eigenvalue weighted by Gasteiger charge is 2.50. The molecule has 3 nitrogen and oxygen atoms in total. The molecule has 0 aliphatic heterocycles. The lowest BCUT2D eigenvalue weighted by molar-refractivity contribution is -0.0603. The largest absolute Gasteiger partial charge is 0.505 e. The minimum Gasteiger partial charge on any atom is -0.450 e. The highest BCUT2D eigenvalue weighted by Crippen LogP contribution is 2.61. The molecule has 4 aliphatic rings. The van der Waals surface area contributed by atoms with Gasteiger partial charge in [0.1, 0.15) is 0 Å². The first kappa shape index (κ1) is 11.4. The third kappa shape index (κ3) is 2.29. The molecule has 0 amide bonds. The van der Waals surface area contributed by atoms with Gasteiger partial charge in [0.2, 0.25) is 0 Å². The van der Waals surface area contributed by atoms with Gasteiger partial charge in [-0.3, -0.25) is 0 Å². The van der Waals surface area contributed by atoms with Crippen LogP contribution in [0, 0.1) is 23.2 Å². The van der Waals surface area contributed by atoms with Crippen LogP contribution < -0.4 is 0 Å². The molecule has 0 aromatic heterocycles. The Labute approximate surface area is 103 Å². The molecule has 0 aromatic carbocycles. The van der Waals surface area contributed by atoms with Crippen molar-refractivity contribution < 1.29 is 14.6 Å². The fourth-order valence-corrected chi connectivity index (χ4v) is 5.20. The zero-order valence-electron chi connectivity index (χ0n) is 10.4. The maximum Gasteiger partial charge on any atom is 0.505 e. The summed E-state index contributed by atoms with van der Waals surface area (Å²) in [6, 6.07) is 0. The number of ether oxygens (including phenoxy) is 1. The lowest BCUT2D eigenvalue weighted by Crippen LogP contribution is -2.46. The van der Waals surface area contributed by atoms with Crippen LogP contribution >= 0.6 is 0 Å². The summed E-state index contributed by atoms with van der Waals surface area (Å²) in [4.78, 5) is 10.3. The predicted octanol–water partition coefficient (Wildman–Crippen LogP) is 3.68. The number of hydrogen-bond acceptors (Lipinski definition) is 2. The number of rotatable bonds is 4. The molecule has 4 fully saturated rings. The highest BCUT2D eigenvalue weighted by molar-refractivity contribution is 5.56. The van der Waals surface area contributed by atoms with Crippen LogP contribution in [0.1, 0.15) is 51.4 Å². The molecule has 0 saturated heterocycles. The fourth-order valence-electron chi connectivity index (χ4n) is 5.20. The third-order valence-electron chi connectivity index (χ3n) is 5.24. The van der Waals surface area contributed by atoms with Crippen molar-refractivity contribution in [1.29, 1.82) is 0 Å². The molecule has 4 saturated carbocycles. The van der Waals surface area contributed by atoms with Gasteiger partial charge in [0.25, 0.3) is 0 Å². The monoisotopic (exact) mass is 238 g/mol. The average molecular weight is 238 g/mol. The molecule has 0 atom stereocenters. The van der Waals surface area contributed by atoms with Crippen molar-refractivity contribution in [3.63, 3.8) is 0 Å². The smallest absolute Gasteiger partial charge is 0.450 e. The summed E-state index contributed by atoms with van der Waals surface area (Å²) in [5, 5.41) is 8.45. The second-order valence-corrected chi connectivity index (χ2v) is 6.64. The Kier molecular flexibility index (Phi) is 2.80. The average Bonchev–Trinajstić information content (AvgIpc) is 2.22. The third-order valence-corrected chi connectivity index (χ3v) is 5.24. The molecule has 4 bridgehead atoms. The van der Waals surface area contributed by atoms with Crippen molar-refractivity contribution >= 4 is 6.16 Å². The first-order valence-electron chi connectivity index (χ1n) is 7.01. The standard InChI is InChI=1S/C14H22O3/c15-13(16)17-3-1-2-14-7-10-4-11(8-14)6-12(5-10)9-14/h10-12H,1-9H2,(H,15,16). The van der Waals surface area contributed by atoms with Gasteiger partial charge in [-0.05, 0) is 74.5 Å². The Morgan fingerprint density at radius 1 is 1.12 bits per heavy atom. The maximum absolute atomic E-state index is 10.3. The SMILES string of the molecule is O=C(O)OCCCC12CC3CC(CC(C3)C1)C2. The summed E-state index contributed by atoms with van der Waals surface area (Å²) in [6.45, 7) is 0.386. The summed E-state index contributed by atoms with van der Waals surface area (Å²) in [5.74, 6) is 2.96. The number of hydrogen-bond donors (Lipinski definition) is 1. The van der Waals surface area contributed by atoms with Gasteiger partial charge in [-0.1, -0.05) is 0 Å². The molecule has 0 radical (unpaired) electrons. The van der Waals surface area contributed by atoms with E-state index in [-0.39, 0.29) is 0 Å². The van der Waals surface area contributed by atoms with E-state index in [2.05, 4.69) is 4.74 Å². The first-order chi connectivity index (χ1) is 8.15. The molecular weight excluding hydrogens is 216 g/mol. The molecule has 17 heavy (non-hydrogen) atoms. The molecule has 0 aromatic rings. The molecule has 1 N–H and O–H groups in total. The summed E-state index contributed by atoms with van der Waals surface area (Å²) in [6.07, 6.45) is 9.63. The maximum atomic E-state index is 10.3. The van der Waals surface area contributed by atoms with Crippen LogP contribution in [-0.2, 0) is 4.74 Å². The van der Waals surface area contributed by atoms with Crippen LogP contribution in [0.2, 0.25) is 0 Å². The van der Waals surface area contributed by atoms with Gasteiger partial charge in [-0.25, -0.2) is 4.79 Å². The van der Waals surface area contributed by atoms with E-state index in [0.717, 1.165) is 24.2 Å². The van der Waals surface area contributed by atoms with Gasteiger partial charge in [0.05, 0.1) is 6.61 Å². The van der Waals surface area contributed by atoms with Crippen molar-refractivity contribution in [2.75, 3.05) is 6.61 Å². The van der Waals surface area contributed by atoms with E-state index in [1.165, 1.54) is 44.9 Å². The second-order valence-electron chi connectivity index (χ2n) is 6.64. The fraction of sp³-hybridized carbons (Fsp3) is 0.929. The number of carbonyl (C=O) groups is 1. The molecule has 3 heteroatoms. The van der Waals surface area contributed by atoms with E-state index in [1.807, 2.05) is 0 Å². The van der Waals surface area contributed by atoms with Gasteiger partial charge >= 0.3 is 6.16 Å². The van der Waals surface area contributed by atoms with E-state index in [4.69, 9.17) is 5.11 Å². The molecular formula is C14H22O3. The highest BCUT2D eigenvalue weighted by atomic mass is 16.7. The minimum absolute atomic E-state index is 0.386. The molecule has 4 aliphatic carbocycles. The molecule has 4 rings (SSSR count). The Balaban J connectivity index is 1.53. The Morgan fingerprint density at radius 2 is 1.65 bits per heavy atom. The summed E-state index contributed by atoms with van der Waals surface area (Å²) in [5.41, 5.74) is 0.566. The van der Waals surface area contributed by atoms with Crippen molar-refractivity contribution in [1.82, 2.24) is 0 Å². The van der Waals surface area contributed by atoms with E-state index in [1.54, 1.807) is 0 Å². The quantitative estimate of drug-likeness (QED) is 0.600. The van der Waals surface area contributed by atoms with Crippen molar-refractivity contribution in [2.45, 2.75) is 51.4 Å².